The number of fused-ring (bicyclic) bond motifs is 1. The Labute approximate surface area is 115 Å². The highest BCUT2D eigenvalue weighted by atomic mass is 15.1. The number of pyridine rings is 1. The molecule has 1 aliphatic rings. The predicted octanol–water partition coefficient (Wildman–Crippen LogP) is 3.26. The third-order valence-corrected chi connectivity index (χ3v) is 3.88. The fraction of sp³-hybridized carbons (Fsp3) is 0.562. The number of hydrogen-bond donors (Lipinski definition) is 0. The van der Waals surface area contributed by atoms with E-state index in [1.807, 2.05) is 0 Å². The molecule has 1 fully saturated rings. The molecule has 1 saturated carbocycles. The molecule has 0 aliphatic heterocycles. The first-order valence-corrected chi connectivity index (χ1v) is 7.42. The Morgan fingerprint density at radius 3 is 2.89 bits per heavy atom. The number of imidazole rings is 1. The molecule has 2 aromatic rings. The van der Waals surface area contributed by atoms with Crippen molar-refractivity contribution >= 4 is 5.65 Å². The second kappa shape index (κ2) is 5.33. The van der Waals surface area contributed by atoms with Crippen molar-refractivity contribution in [3.8, 4) is 0 Å². The van der Waals surface area contributed by atoms with E-state index in [9.17, 15) is 0 Å². The fourth-order valence-electron chi connectivity index (χ4n) is 2.72. The Bertz CT molecular complexity index is 554. The highest BCUT2D eigenvalue weighted by Gasteiger charge is 2.24. The van der Waals surface area contributed by atoms with Crippen LogP contribution in [0.3, 0.4) is 0 Å². The number of aromatic nitrogens is 2. The Morgan fingerprint density at radius 1 is 1.37 bits per heavy atom. The highest BCUT2D eigenvalue weighted by Crippen LogP contribution is 2.30. The van der Waals surface area contributed by atoms with E-state index in [0.717, 1.165) is 18.1 Å². The summed E-state index contributed by atoms with van der Waals surface area (Å²) in [5, 5.41) is 0. The van der Waals surface area contributed by atoms with Gasteiger partial charge < -0.3 is 4.40 Å². The van der Waals surface area contributed by atoms with Crippen LogP contribution < -0.4 is 0 Å². The van der Waals surface area contributed by atoms with Gasteiger partial charge in [0.25, 0.3) is 0 Å². The Balaban J connectivity index is 1.76. The van der Waals surface area contributed by atoms with Gasteiger partial charge in [0.1, 0.15) is 5.65 Å². The van der Waals surface area contributed by atoms with Gasteiger partial charge in [-0.25, -0.2) is 4.98 Å². The summed E-state index contributed by atoms with van der Waals surface area (Å²) in [7, 11) is 0. The molecule has 0 N–H and O–H groups in total. The minimum Gasteiger partial charge on any atom is -0.304 e. The second-order valence-electron chi connectivity index (χ2n) is 5.81. The largest absolute Gasteiger partial charge is 0.304 e. The molecule has 1 aliphatic carbocycles. The minimum atomic E-state index is 0.949. The molecule has 0 radical (unpaired) electrons. The lowest BCUT2D eigenvalue weighted by molar-refractivity contribution is 0.252. The van der Waals surface area contributed by atoms with Gasteiger partial charge in [0, 0.05) is 25.0 Å². The maximum Gasteiger partial charge on any atom is 0.137 e. The number of rotatable bonds is 6. The van der Waals surface area contributed by atoms with Crippen molar-refractivity contribution in [2.24, 2.45) is 5.92 Å². The molecule has 102 valence electrons. The Hall–Kier alpha value is -1.35. The quantitative estimate of drug-likeness (QED) is 0.791. The maximum absolute atomic E-state index is 4.74. The normalized spacial score (nSPS) is 15.5. The van der Waals surface area contributed by atoms with Gasteiger partial charge in [-0.1, -0.05) is 13.0 Å². The van der Waals surface area contributed by atoms with Gasteiger partial charge >= 0.3 is 0 Å². The first-order chi connectivity index (χ1) is 9.26. The number of hydrogen-bond acceptors (Lipinski definition) is 2. The lowest BCUT2D eigenvalue weighted by atomic mass is 10.3. The zero-order valence-corrected chi connectivity index (χ0v) is 12.0. The van der Waals surface area contributed by atoms with Crippen LogP contribution >= 0.6 is 0 Å². The molecule has 3 heteroatoms. The third kappa shape index (κ3) is 2.98. The van der Waals surface area contributed by atoms with E-state index >= 15 is 0 Å². The average molecular weight is 257 g/mol. The van der Waals surface area contributed by atoms with Crippen LogP contribution in [0.2, 0.25) is 0 Å². The summed E-state index contributed by atoms with van der Waals surface area (Å²) in [4.78, 5) is 7.31. The molecule has 0 bridgehead atoms. The molecule has 0 spiro atoms. The molecule has 0 atom stereocenters. The van der Waals surface area contributed by atoms with Crippen molar-refractivity contribution in [2.75, 3.05) is 13.1 Å². The zero-order valence-electron chi connectivity index (χ0n) is 12.0. The van der Waals surface area contributed by atoms with E-state index < -0.39 is 0 Å². The van der Waals surface area contributed by atoms with Gasteiger partial charge in [0.05, 0.1) is 5.69 Å². The summed E-state index contributed by atoms with van der Waals surface area (Å²) in [6, 6.07) is 6.30. The molecule has 3 nitrogen and oxygen atoms in total. The first kappa shape index (κ1) is 12.7. The van der Waals surface area contributed by atoms with Crippen molar-refractivity contribution in [3.63, 3.8) is 0 Å². The molecule has 0 aromatic carbocycles. The van der Waals surface area contributed by atoms with Crippen LogP contribution in [-0.2, 0) is 6.54 Å². The second-order valence-corrected chi connectivity index (χ2v) is 5.81. The Morgan fingerprint density at radius 2 is 2.21 bits per heavy atom. The summed E-state index contributed by atoms with van der Waals surface area (Å²) in [5.41, 5.74) is 3.52. The van der Waals surface area contributed by atoms with Crippen molar-refractivity contribution in [3.05, 3.63) is 35.8 Å². The van der Waals surface area contributed by atoms with Gasteiger partial charge in [0.2, 0.25) is 0 Å². The van der Waals surface area contributed by atoms with Crippen molar-refractivity contribution in [2.45, 2.75) is 39.7 Å². The topological polar surface area (TPSA) is 20.5 Å². The molecule has 0 saturated heterocycles. The lowest BCUT2D eigenvalue weighted by Crippen LogP contribution is -2.26. The molecular weight excluding hydrogens is 234 g/mol. The SMILES string of the molecule is CCCN(Cc1cn2c(C)cccc2n1)CC1CC1. The van der Waals surface area contributed by atoms with Gasteiger partial charge in [-0.15, -0.1) is 0 Å². The predicted molar refractivity (Wildman–Crippen MR) is 78.2 cm³/mol. The summed E-state index contributed by atoms with van der Waals surface area (Å²) in [6.45, 7) is 7.82. The molecule has 2 aromatic heterocycles. The third-order valence-electron chi connectivity index (χ3n) is 3.88. The summed E-state index contributed by atoms with van der Waals surface area (Å²) in [6.07, 6.45) is 6.26. The van der Waals surface area contributed by atoms with Crippen molar-refractivity contribution < 1.29 is 0 Å². The van der Waals surface area contributed by atoms with Gasteiger partial charge in [-0.3, -0.25) is 4.90 Å². The fourth-order valence-corrected chi connectivity index (χ4v) is 2.72. The van der Waals surface area contributed by atoms with Gasteiger partial charge in [0.15, 0.2) is 0 Å². The lowest BCUT2D eigenvalue weighted by Gasteiger charge is -2.20. The molecule has 2 heterocycles. The van der Waals surface area contributed by atoms with Crippen LogP contribution in [0.5, 0.6) is 0 Å². The standard InChI is InChI=1S/C16H23N3/c1-3-9-18(10-14-7-8-14)11-15-12-19-13(2)5-4-6-16(19)17-15/h4-6,12,14H,3,7-11H2,1-2H3. The van der Waals surface area contributed by atoms with E-state index in [4.69, 9.17) is 4.98 Å². The minimum absolute atomic E-state index is 0.949. The molecule has 0 amide bonds. The van der Waals surface area contributed by atoms with Crippen LogP contribution in [0.1, 0.15) is 37.6 Å². The van der Waals surface area contributed by atoms with Crippen molar-refractivity contribution in [1.29, 1.82) is 0 Å². The number of aryl methyl sites for hydroxylation is 1. The summed E-state index contributed by atoms with van der Waals surface area (Å²) in [5.74, 6) is 0.949. The Kier molecular flexibility index (Phi) is 3.56. The molecule has 3 rings (SSSR count). The summed E-state index contributed by atoms with van der Waals surface area (Å²) < 4.78 is 2.19. The van der Waals surface area contributed by atoms with Crippen LogP contribution in [0.25, 0.3) is 5.65 Å². The smallest absolute Gasteiger partial charge is 0.137 e. The van der Waals surface area contributed by atoms with E-state index in [0.29, 0.717) is 0 Å². The van der Waals surface area contributed by atoms with Gasteiger partial charge in [-0.05, 0) is 50.8 Å². The van der Waals surface area contributed by atoms with E-state index in [1.165, 1.54) is 43.7 Å². The number of nitrogens with zero attached hydrogens (tertiary/aromatic N) is 3. The highest BCUT2D eigenvalue weighted by molar-refractivity contribution is 5.41. The monoisotopic (exact) mass is 257 g/mol. The molecule has 19 heavy (non-hydrogen) atoms. The van der Waals surface area contributed by atoms with Gasteiger partial charge in [-0.2, -0.15) is 0 Å². The van der Waals surface area contributed by atoms with E-state index in [1.54, 1.807) is 0 Å². The maximum atomic E-state index is 4.74. The van der Waals surface area contributed by atoms with Crippen LogP contribution in [-0.4, -0.2) is 27.4 Å². The van der Waals surface area contributed by atoms with Crippen LogP contribution in [0.4, 0.5) is 0 Å². The first-order valence-electron chi connectivity index (χ1n) is 7.42. The zero-order chi connectivity index (χ0) is 13.2. The van der Waals surface area contributed by atoms with Crippen LogP contribution in [0.15, 0.2) is 24.4 Å². The van der Waals surface area contributed by atoms with E-state index in [2.05, 4.69) is 47.5 Å². The van der Waals surface area contributed by atoms with Crippen molar-refractivity contribution in [1.82, 2.24) is 14.3 Å². The average Bonchev–Trinajstić information content (AvgIpc) is 3.08. The molecular formula is C16H23N3. The molecule has 0 unspecified atom stereocenters. The van der Waals surface area contributed by atoms with E-state index in [-0.39, 0.29) is 0 Å². The van der Waals surface area contributed by atoms with Crippen LogP contribution in [0, 0.1) is 12.8 Å². The summed E-state index contributed by atoms with van der Waals surface area (Å²) >= 11 is 0.